The molecule has 104 valence electrons. The number of benzene rings is 1. The summed E-state index contributed by atoms with van der Waals surface area (Å²) in [7, 11) is 0. The Kier molecular flexibility index (Phi) is 4.73. The zero-order valence-corrected chi connectivity index (χ0v) is 13.4. The predicted octanol–water partition coefficient (Wildman–Crippen LogP) is 4.02. The number of halogens is 2. The van der Waals surface area contributed by atoms with Crippen LogP contribution in [-0.2, 0) is 6.42 Å². The van der Waals surface area contributed by atoms with E-state index in [-0.39, 0.29) is 5.91 Å². The summed E-state index contributed by atoms with van der Waals surface area (Å²) in [6.45, 7) is 3.74. The van der Waals surface area contributed by atoms with E-state index in [1.165, 1.54) is 0 Å². The van der Waals surface area contributed by atoms with Crippen molar-refractivity contribution in [3.05, 3.63) is 50.7 Å². The van der Waals surface area contributed by atoms with Gasteiger partial charge < -0.3 is 5.32 Å². The van der Waals surface area contributed by atoms with Gasteiger partial charge in [-0.1, -0.05) is 18.5 Å². The van der Waals surface area contributed by atoms with Crippen molar-refractivity contribution in [3.63, 3.8) is 0 Å². The largest absolute Gasteiger partial charge is 0.321 e. The number of carbonyl (C=O) groups is 1. The maximum absolute atomic E-state index is 12.4. The molecule has 0 aliphatic carbocycles. The third-order valence-electron chi connectivity index (χ3n) is 2.75. The first-order valence-electron chi connectivity index (χ1n) is 6.11. The fourth-order valence-electron chi connectivity index (χ4n) is 1.75. The molecule has 4 nitrogen and oxygen atoms in total. The van der Waals surface area contributed by atoms with Crippen LogP contribution >= 0.6 is 27.5 Å². The molecule has 0 saturated carbocycles. The molecule has 0 atom stereocenters. The van der Waals surface area contributed by atoms with Gasteiger partial charge >= 0.3 is 0 Å². The van der Waals surface area contributed by atoms with Crippen molar-refractivity contribution in [1.29, 1.82) is 0 Å². The van der Waals surface area contributed by atoms with Crippen molar-refractivity contribution in [2.24, 2.45) is 0 Å². The molecule has 1 aromatic carbocycles. The number of carbonyl (C=O) groups excluding carboxylic acids is 1. The van der Waals surface area contributed by atoms with Crippen LogP contribution in [0.2, 0.25) is 5.02 Å². The van der Waals surface area contributed by atoms with E-state index in [9.17, 15) is 4.79 Å². The van der Waals surface area contributed by atoms with E-state index < -0.39 is 0 Å². The van der Waals surface area contributed by atoms with Crippen molar-refractivity contribution in [1.82, 2.24) is 10.2 Å². The number of hydrogen-bond donors (Lipinski definition) is 1. The lowest BCUT2D eigenvalue weighted by Gasteiger charge is -2.10. The van der Waals surface area contributed by atoms with Gasteiger partial charge in [-0.25, -0.2) is 0 Å². The molecular formula is C14H13BrClN3O. The highest BCUT2D eigenvalue weighted by molar-refractivity contribution is 9.10. The van der Waals surface area contributed by atoms with Crippen molar-refractivity contribution >= 4 is 39.1 Å². The van der Waals surface area contributed by atoms with Crippen molar-refractivity contribution in [2.45, 2.75) is 20.3 Å². The van der Waals surface area contributed by atoms with Gasteiger partial charge in [-0.2, -0.15) is 10.2 Å². The zero-order chi connectivity index (χ0) is 14.7. The standard InChI is InChI=1S/C14H13BrClN3O/c1-3-12-10(6-8(2)18-19-12)14(20)17-13-7-9(16)4-5-11(13)15/h4-7H,3H2,1-2H3,(H,17,20). The Morgan fingerprint density at radius 3 is 2.80 bits per heavy atom. The fourth-order valence-corrected chi connectivity index (χ4v) is 2.27. The molecule has 0 radical (unpaired) electrons. The summed E-state index contributed by atoms with van der Waals surface area (Å²) in [4.78, 5) is 12.4. The molecule has 1 amide bonds. The normalized spacial score (nSPS) is 10.4. The fraction of sp³-hybridized carbons (Fsp3) is 0.214. The average Bonchev–Trinajstić information content (AvgIpc) is 2.42. The minimum absolute atomic E-state index is 0.220. The van der Waals surface area contributed by atoms with Crippen molar-refractivity contribution in [3.8, 4) is 0 Å². The van der Waals surface area contributed by atoms with Crippen LogP contribution in [0.15, 0.2) is 28.7 Å². The number of nitrogens with zero attached hydrogens (tertiary/aromatic N) is 2. The molecule has 0 aliphatic heterocycles. The molecule has 0 unspecified atom stereocenters. The van der Waals surface area contributed by atoms with Gasteiger partial charge in [0.2, 0.25) is 0 Å². The van der Waals surface area contributed by atoms with Gasteiger partial charge in [-0.3, -0.25) is 4.79 Å². The van der Waals surface area contributed by atoms with Gasteiger partial charge in [0.1, 0.15) is 0 Å². The Hall–Kier alpha value is -1.46. The van der Waals surface area contributed by atoms with Crippen LogP contribution in [0.5, 0.6) is 0 Å². The lowest BCUT2D eigenvalue weighted by Crippen LogP contribution is -2.16. The summed E-state index contributed by atoms with van der Waals surface area (Å²) in [6.07, 6.45) is 0.646. The minimum atomic E-state index is -0.220. The van der Waals surface area contributed by atoms with Gasteiger partial charge in [0.15, 0.2) is 0 Å². The van der Waals surface area contributed by atoms with Crippen LogP contribution in [0.3, 0.4) is 0 Å². The number of hydrogen-bond acceptors (Lipinski definition) is 3. The topological polar surface area (TPSA) is 54.9 Å². The number of anilines is 1. The molecule has 6 heteroatoms. The Balaban J connectivity index is 2.32. The van der Waals surface area contributed by atoms with Gasteiger partial charge in [0.25, 0.3) is 5.91 Å². The zero-order valence-electron chi connectivity index (χ0n) is 11.1. The molecule has 0 spiro atoms. The lowest BCUT2D eigenvalue weighted by molar-refractivity contribution is 0.102. The van der Waals surface area contributed by atoms with Crippen LogP contribution in [0, 0.1) is 6.92 Å². The maximum atomic E-state index is 12.4. The second-order valence-corrected chi connectivity index (χ2v) is 5.57. The molecule has 1 N–H and O–H groups in total. The van der Waals surface area contributed by atoms with E-state index >= 15 is 0 Å². The van der Waals surface area contributed by atoms with Gasteiger partial charge in [0.05, 0.1) is 22.6 Å². The molecule has 20 heavy (non-hydrogen) atoms. The molecule has 2 aromatic rings. The van der Waals surface area contributed by atoms with E-state index in [1.54, 1.807) is 31.2 Å². The summed E-state index contributed by atoms with van der Waals surface area (Å²) in [6, 6.07) is 6.96. The summed E-state index contributed by atoms with van der Waals surface area (Å²) in [5.74, 6) is -0.220. The van der Waals surface area contributed by atoms with Gasteiger partial charge in [0, 0.05) is 9.50 Å². The first kappa shape index (κ1) is 14.9. The van der Waals surface area contributed by atoms with Gasteiger partial charge in [-0.15, -0.1) is 0 Å². The Morgan fingerprint density at radius 1 is 1.35 bits per heavy atom. The number of nitrogens with one attached hydrogen (secondary N) is 1. The first-order chi connectivity index (χ1) is 9.51. The average molecular weight is 355 g/mol. The number of aryl methyl sites for hydroxylation is 2. The van der Waals surface area contributed by atoms with E-state index in [0.29, 0.717) is 34.1 Å². The molecule has 2 rings (SSSR count). The molecule has 1 heterocycles. The number of aromatic nitrogens is 2. The summed E-state index contributed by atoms with van der Waals surface area (Å²) < 4.78 is 0.770. The quantitative estimate of drug-likeness (QED) is 0.906. The van der Waals surface area contributed by atoms with E-state index in [0.717, 1.165) is 4.47 Å². The van der Waals surface area contributed by atoms with Crippen LogP contribution in [-0.4, -0.2) is 16.1 Å². The van der Waals surface area contributed by atoms with Crippen LogP contribution in [0.1, 0.15) is 28.7 Å². The summed E-state index contributed by atoms with van der Waals surface area (Å²) in [5, 5.41) is 11.4. The molecule has 0 aliphatic rings. The van der Waals surface area contributed by atoms with Crippen LogP contribution < -0.4 is 5.32 Å². The highest BCUT2D eigenvalue weighted by Crippen LogP contribution is 2.26. The van der Waals surface area contributed by atoms with Crippen LogP contribution in [0.25, 0.3) is 0 Å². The first-order valence-corrected chi connectivity index (χ1v) is 7.28. The molecular weight excluding hydrogens is 342 g/mol. The maximum Gasteiger partial charge on any atom is 0.257 e. The Bertz CT molecular complexity index is 661. The van der Waals surface area contributed by atoms with Gasteiger partial charge in [-0.05, 0) is 53.5 Å². The van der Waals surface area contributed by atoms with Crippen molar-refractivity contribution < 1.29 is 4.79 Å². The Labute approximate surface area is 130 Å². The highest BCUT2D eigenvalue weighted by Gasteiger charge is 2.14. The number of amides is 1. The Morgan fingerprint density at radius 2 is 2.10 bits per heavy atom. The number of rotatable bonds is 3. The SMILES string of the molecule is CCc1nnc(C)cc1C(=O)Nc1cc(Cl)ccc1Br. The van der Waals surface area contributed by atoms with Crippen molar-refractivity contribution in [2.75, 3.05) is 5.32 Å². The summed E-state index contributed by atoms with van der Waals surface area (Å²) in [5.41, 5.74) is 2.54. The minimum Gasteiger partial charge on any atom is -0.321 e. The third-order valence-corrected chi connectivity index (χ3v) is 3.68. The molecule has 0 saturated heterocycles. The van der Waals surface area contributed by atoms with E-state index in [2.05, 4.69) is 31.4 Å². The summed E-state index contributed by atoms with van der Waals surface area (Å²) >= 11 is 9.32. The van der Waals surface area contributed by atoms with E-state index in [1.807, 2.05) is 6.92 Å². The second kappa shape index (κ2) is 6.33. The van der Waals surface area contributed by atoms with Crippen LogP contribution in [0.4, 0.5) is 5.69 Å². The predicted molar refractivity (Wildman–Crippen MR) is 83.3 cm³/mol. The third kappa shape index (κ3) is 3.35. The second-order valence-electron chi connectivity index (χ2n) is 4.28. The lowest BCUT2D eigenvalue weighted by atomic mass is 10.1. The van der Waals surface area contributed by atoms with E-state index in [4.69, 9.17) is 11.6 Å². The monoisotopic (exact) mass is 353 g/mol. The molecule has 0 bridgehead atoms. The molecule has 1 aromatic heterocycles. The highest BCUT2D eigenvalue weighted by atomic mass is 79.9. The molecule has 0 fully saturated rings. The smallest absolute Gasteiger partial charge is 0.257 e.